The molecule has 0 saturated carbocycles. The van der Waals surface area contributed by atoms with E-state index in [0.717, 1.165) is 4.31 Å². The van der Waals surface area contributed by atoms with Crippen molar-refractivity contribution in [2.75, 3.05) is 33.9 Å². The number of hydrogen-bond donors (Lipinski definition) is 1. The summed E-state index contributed by atoms with van der Waals surface area (Å²) in [5.74, 6) is 0.360. The molecule has 1 heterocycles. The maximum Gasteiger partial charge on any atom is 0.244 e. The van der Waals surface area contributed by atoms with Crippen LogP contribution in [0, 0.1) is 0 Å². The summed E-state index contributed by atoms with van der Waals surface area (Å²) in [4.78, 5) is 5.71. The van der Waals surface area contributed by atoms with Gasteiger partial charge in [0.2, 0.25) is 10.0 Å². The van der Waals surface area contributed by atoms with Crippen molar-refractivity contribution < 1.29 is 13.5 Å². The predicted octanol–water partition coefficient (Wildman–Crippen LogP) is 1.82. The Morgan fingerprint density at radius 3 is 2.52 bits per heavy atom. The van der Waals surface area contributed by atoms with Crippen LogP contribution in [0.2, 0.25) is 5.02 Å². The quantitative estimate of drug-likeness (QED) is 0.838. The van der Waals surface area contributed by atoms with E-state index in [1.807, 2.05) is 0 Å². The van der Waals surface area contributed by atoms with Gasteiger partial charge in [0, 0.05) is 33.8 Å². The Morgan fingerprint density at radius 1 is 1.43 bits per heavy atom. The number of aliphatic hydroxyl groups is 1. The number of benzene rings is 1. The largest absolute Gasteiger partial charge is 0.366 e. The van der Waals surface area contributed by atoms with Gasteiger partial charge < -0.3 is 10.0 Å². The predicted molar refractivity (Wildman–Crippen MR) is 97.0 cm³/mol. The zero-order valence-electron chi connectivity index (χ0n) is 13.1. The number of rotatable bonds is 3. The molecule has 0 aliphatic carbocycles. The van der Waals surface area contributed by atoms with Crippen molar-refractivity contribution in [3.8, 4) is 0 Å². The van der Waals surface area contributed by atoms with Crippen LogP contribution in [0.3, 0.4) is 0 Å². The average Bonchev–Trinajstić information content (AvgIpc) is 2.75. The number of hydrogen-bond acceptors (Lipinski definition) is 5. The lowest BCUT2D eigenvalue weighted by molar-refractivity contribution is -0.0349. The molecule has 1 aliphatic heterocycles. The summed E-state index contributed by atoms with van der Waals surface area (Å²) in [5, 5.41) is 11.7. The molecule has 0 bridgehead atoms. The molecule has 2 rings (SSSR count). The number of nitrogens with zero attached hydrogens (tertiary/aromatic N) is 3. The summed E-state index contributed by atoms with van der Waals surface area (Å²) in [6.45, 7) is 0. The molecule has 1 aliphatic rings. The van der Waals surface area contributed by atoms with E-state index in [9.17, 15) is 13.5 Å². The first-order valence-electron chi connectivity index (χ1n) is 6.43. The monoisotopic (exact) mass is 399 g/mol. The van der Waals surface area contributed by atoms with E-state index in [-0.39, 0.29) is 22.3 Å². The highest BCUT2D eigenvalue weighted by molar-refractivity contribution is 8.14. The highest BCUT2D eigenvalue weighted by atomic mass is 35.5. The summed E-state index contributed by atoms with van der Waals surface area (Å²) in [6.07, 6.45) is 0. The topological polar surface area (TPSA) is 73.2 Å². The van der Waals surface area contributed by atoms with Crippen molar-refractivity contribution in [1.29, 1.82) is 0 Å². The summed E-state index contributed by atoms with van der Waals surface area (Å²) < 4.78 is 25.8. The third kappa shape index (κ3) is 3.47. The molecule has 130 valence electrons. The second kappa shape index (κ2) is 7.16. The Labute approximate surface area is 152 Å². The fourth-order valence-corrected chi connectivity index (χ4v) is 4.71. The molecule has 23 heavy (non-hydrogen) atoms. The number of amidine groups is 1. The number of sulfonamides is 1. The fourth-order valence-electron chi connectivity index (χ4n) is 2.16. The van der Waals surface area contributed by atoms with Crippen LogP contribution in [0.1, 0.15) is 5.56 Å². The van der Waals surface area contributed by atoms with Crippen molar-refractivity contribution in [3.05, 3.63) is 28.8 Å². The van der Waals surface area contributed by atoms with Crippen LogP contribution in [0.4, 0.5) is 0 Å². The van der Waals surface area contributed by atoms with E-state index < -0.39 is 15.7 Å². The molecular formula is C13H19Cl2N3O3S2. The zero-order valence-corrected chi connectivity index (χ0v) is 16.4. The lowest BCUT2D eigenvalue weighted by Crippen LogP contribution is -2.42. The molecule has 6 nitrogen and oxygen atoms in total. The molecule has 10 heteroatoms. The summed E-state index contributed by atoms with van der Waals surface area (Å²) in [5.41, 5.74) is -0.855. The molecule has 0 amide bonds. The number of thioether (sulfide) groups is 1. The SMILES string of the molecule is CN=C1SCC(O)(c2ccc(Cl)c(S(=O)(=O)N(C)C)c2)N1C.Cl. The van der Waals surface area contributed by atoms with Crippen molar-refractivity contribution >= 4 is 51.0 Å². The van der Waals surface area contributed by atoms with Gasteiger partial charge >= 0.3 is 0 Å². The average molecular weight is 400 g/mol. The van der Waals surface area contributed by atoms with Gasteiger partial charge in [-0.3, -0.25) is 4.99 Å². The van der Waals surface area contributed by atoms with E-state index >= 15 is 0 Å². The fraction of sp³-hybridized carbons (Fsp3) is 0.462. The minimum absolute atomic E-state index is 0. The van der Waals surface area contributed by atoms with E-state index in [1.54, 1.807) is 25.1 Å². The maximum absolute atomic E-state index is 12.3. The van der Waals surface area contributed by atoms with Gasteiger partial charge in [0.25, 0.3) is 0 Å². The van der Waals surface area contributed by atoms with E-state index in [2.05, 4.69) is 4.99 Å². The van der Waals surface area contributed by atoms with Gasteiger partial charge in [0.15, 0.2) is 10.9 Å². The first-order valence-corrected chi connectivity index (χ1v) is 9.23. The molecule has 1 N–H and O–H groups in total. The van der Waals surface area contributed by atoms with E-state index in [1.165, 1.54) is 38.0 Å². The number of aliphatic imine (C=N–C) groups is 1. The van der Waals surface area contributed by atoms with Crippen molar-refractivity contribution in [1.82, 2.24) is 9.21 Å². The molecule has 0 spiro atoms. The van der Waals surface area contributed by atoms with Crippen LogP contribution in [0.15, 0.2) is 28.1 Å². The van der Waals surface area contributed by atoms with Crippen LogP contribution in [-0.2, 0) is 15.7 Å². The number of halogens is 2. The maximum atomic E-state index is 12.3. The molecule has 1 fully saturated rings. The molecule has 1 atom stereocenters. The van der Waals surface area contributed by atoms with Crippen LogP contribution in [0.25, 0.3) is 0 Å². The van der Waals surface area contributed by atoms with Crippen LogP contribution >= 0.6 is 35.8 Å². The van der Waals surface area contributed by atoms with Gasteiger partial charge in [-0.2, -0.15) is 0 Å². The van der Waals surface area contributed by atoms with E-state index in [4.69, 9.17) is 11.6 Å². The second-order valence-electron chi connectivity index (χ2n) is 5.10. The van der Waals surface area contributed by atoms with Crippen LogP contribution in [-0.4, -0.2) is 61.8 Å². The lowest BCUT2D eigenvalue weighted by atomic mass is 10.0. The van der Waals surface area contributed by atoms with Crippen LogP contribution < -0.4 is 0 Å². The molecule has 1 aromatic carbocycles. The Kier molecular flexibility index (Phi) is 6.40. The molecule has 1 unspecified atom stereocenters. The molecular weight excluding hydrogens is 381 g/mol. The zero-order chi connectivity index (χ0) is 16.7. The van der Waals surface area contributed by atoms with Gasteiger partial charge in [0.1, 0.15) is 4.90 Å². The Balaban J connectivity index is 0.00000264. The molecule has 0 aromatic heterocycles. The lowest BCUT2D eigenvalue weighted by Gasteiger charge is -2.31. The summed E-state index contributed by atoms with van der Waals surface area (Å²) >= 11 is 7.45. The minimum atomic E-state index is -3.69. The Hall–Kier alpha value is -0.510. The smallest absolute Gasteiger partial charge is 0.244 e. The highest BCUT2D eigenvalue weighted by Crippen LogP contribution is 2.39. The highest BCUT2D eigenvalue weighted by Gasteiger charge is 2.43. The van der Waals surface area contributed by atoms with Crippen molar-refractivity contribution in [2.45, 2.75) is 10.6 Å². The van der Waals surface area contributed by atoms with Crippen molar-refractivity contribution in [2.24, 2.45) is 4.99 Å². The van der Waals surface area contributed by atoms with Gasteiger partial charge in [-0.25, -0.2) is 12.7 Å². The third-order valence-corrected chi connectivity index (χ3v) is 7.15. The Bertz CT molecular complexity index is 725. The standard InChI is InChI=1S/C13H18ClN3O3S2.ClH/c1-15-12-17(4)13(18,8-21-12)9-5-6-10(14)11(7-9)22(19,20)16(2)3;/h5-7,18H,8H2,1-4H3;1H. The van der Waals surface area contributed by atoms with Crippen molar-refractivity contribution in [3.63, 3.8) is 0 Å². The first-order chi connectivity index (χ1) is 10.1. The first kappa shape index (κ1) is 20.5. The Morgan fingerprint density at radius 2 is 2.04 bits per heavy atom. The summed E-state index contributed by atoms with van der Waals surface area (Å²) in [6, 6.07) is 4.55. The van der Waals surface area contributed by atoms with Crippen LogP contribution in [0.5, 0.6) is 0 Å². The summed E-state index contributed by atoms with van der Waals surface area (Å²) in [7, 11) is 2.55. The molecule has 1 saturated heterocycles. The normalized spacial score (nSPS) is 23.4. The van der Waals surface area contributed by atoms with E-state index in [0.29, 0.717) is 16.5 Å². The second-order valence-corrected chi connectivity index (χ2v) is 8.57. The third-order valence-electron chi connectivity index (χ3n) is 3.59. The van der Waals surface area contributed by atoms with Gasteiger partial charge in [-0.1, -0.05) is 29.4 Å². The van der Waals surface area contributed by atoms with Gasteiger partial charge in [-0.05, 0) is 12.1 Å². The molecule has 0 radical (unpaired) electrons. The molecule has 1 aromatic rings. The minimum Gasteiger partial charge on any atom is -0.366 e. The van der Waals surface area contributed by atoms with Gasteiger partial charge in [-0.15, -0.1) is 12.4 Å². The van der Waals surface area contributed by atoms with Gasteiger partial charge in [0.05, 0.1) is 10.8 Å².